The van der Waals surface area contributed by atoms with Crippen LogP contribution in [0, 0.1) is 0 Å². The van der Waals surface area contributed by atoms with Crippen LogP contribution in [0.15, 0.2) is 60.7 Å². The van der Waals surface area contributed by atoms with Gasteiger partial charge in [-0.1, -0.05) is 48.5 Å². The molecule has 2 aromatic carbocycles. The molecule has 0 spiro atoms. The van der Waals surface area contributed by atoms with E-state index in [9.17, 15) is 5.11 Å². The Hall–Kier alpha value is -2.06. The van der Waals surface area contributed by atoms with Gasteiger partial charge in [-0.2, -0.15) is 0 Å². The summed E-state index contributed by atoms with van der Waals surface area (Å²) < 4.78 is 2.33. The highest BCUT2D eigenvalue weighted by Crippen LogP contribution is 2.20. The fraction of sp³-hybridized carbons (Fsp3) is 0.222. The van der Waals surface area contributed by atoms with Crippen LogP contribution >= 0.6 is 0 Å². The number of hydrogen-bond acceptors (Lipinski definition) is 1. The quantitative estimate of drug-likeness (QED) is 0.751. The van der Waals surface area contributed by atoms with Crippen molar-refractivity contribution in [2.24, 2.45) is 0 Å². The van der Waals surface area contributed by atoms with E-state index >= 15 is 0 Å². The minimum atomic E-state index is 0.196. The lowest BCUT2D eigenvalue weighted by Crippen LogP contribution is -2.06. The van der Waals surface area contributed by atoms with Crippen molar-refractivity contribution in [3.8, 4) is 0 Å². The van der Waals surface area contributed by atoms with Crippen LogP contribution in [0.25, 0.3) is 10.9 Å². The Morgan fingerprint density at radius 3 is 2.40 bits per heavy atom. The van der Waals surface area contributed by atoms with Gasteiger partial charge in [0.05, 0.1) is 0 Å². The predicted molar refractivity (Wildman–Crippen MR) is 82.9 cm³/mol. The third-order valence-corrected chi connectivity index (χ3v) is 3.73. The molecule has 3 aromatic rings. The number of aromatic nitrogens is 1. The topological polar surface area (TPSA) is 25.2 Å². The van der Waals surface area contributed by atoms with Gasteiger partial charge in [0.25, 0.3) is 0 Å². The molecule has 0 aliphatic rings. The normalized spacial score (nSPS) is 11.1. The molecule has 0 aliphatic carbocycles. The number of aliphatic hydroxyl groups excluding tert-OH is 1. The number of fused-ring (bicyclic) bond motifs is 1. The molecule has 0 atom stereocenters. The second-order valence-electron chi connectivity index (χ2n) is 5.06. The highest BCUT2D eigenvalue weighted by Gasteiger charge is 2.07. The van der Waals surface area contributed by atoms with E-state index in [1.807, 2.05) is 6.07 Å². The first-order valence-electron chi connectivity index (χ1n) is 7.10. The molecule has 0 fully saturated rings. The first-order chi connectivity index (χ1) is 9.88. The molecule has 1 aromatic heterocycles. The number of para-hydroxylation sites is 1. The second-order valence-corrected chi connectivity index (χ2v) is 5.06. The molecular weight excluding hydrogens is 246 g/mol. The van der Waals surface area contributed by atoms with Gasteiger partial charge in [-0.15, -0.1) is 0 Å². The lowest BCUT2D eigenvalue weighted by molar-refractivity contribution is 0.296. The van der Waals surface area contributed by atoms with Crippen molar-refractivity contribution in [3.63, 3.8) is 0 Å². The zero-order valence-electron chi connectivity index (χ0n) is 11.5. The third-order valence-electron chi connectivity index (χ3n) is 3.73. The smallest absolute Gasteiger partial charge is 0.0485 e. The van der Waals surface area contributed by atoms with Crippen molar-refractivity contribution in [1.29, 1.82) is 0 Å². The largest absolute Gasteiger partial charge is 0.396 e. The predicted octanol–water partition coefficient (Wildman–Crippen LogP) is 3.42. The van der Waals surface area contributed by atoms with Crippen molar-refractivity contribution in [2.75, 3.05) is 6.61 Å². The van der Waals surface area contributed by atoms with Crippen LogP contribution in [0.5, 0.6) is 0 Å². The molecule has 20 heavy (non-hydrogen) atoms. The van der Waals surface area contributed by atoms with Crippen LogP contribution in [0.1, 0.15) is 11.3 Å². The van der Waals surface area contributed by atoms with Crippen molar-refractivity contribution in [3.05, 3.63) is 71.9 Å². The van der Waals surface area contributed by atoms with Gasteiger partial charge in [-0.25, -0.2) is 0 Å². The van der Waals surface area contributed by atoms with E-state index < -0.39 is 0 Å². The van der Waals surface area contributed by atoms with E-state index in [0.29, 0.717) is 6.42 Å². The second kappa shape index (κ2) is 5.93. The van der Waals surface area contributed by atoms with Crippen LogP contribution in [0.2, 0.25) is 0 Å². The molecule has 102 valence electrons. The third kappa shape index (κ3) is 2.61. The highest BCUT2D eigenvalue weighted by atomic mass is 16.3. The molecule has 0 unspecified atom stereocenters. The first-order valence-corrected chi connectivity index (χ1v) is 7.10. The van der Waals surface area contributed by atoms with Gasteiger partial charge in [-0.3, -0.25) is 0 Å². The van der Waals surface area contributed by atoms with Crippen LogP contribution in [-0.4, -0.2) is 16.3 Å². The maximum absolute atomic E-state index is 9.24. The maximum Gasteiger partial charge on any atom is 0.0485 e. The Kier molecular flexibility index (Phi) is 3.84. The van der Waals surface area contributed by atoms with E-state index in [-0.39, 0.29) is 6.61 Å². The van der Waals surface area contributed by atoms with Gasteiger partial charge in [0.1, 0.15) is 0 Å². The SMILES string of the molecule is OCCc1cc2ccccc2n1CCc1ccccc1. The zero-order valence-corrected chi connectivity index (χ0v) is 11.5. The fourth-order valence-electron chi connectivity index (χ4n) is 2.74. The molecule has 3 rings (SSSR count). The number of hydrogen-bond donors (Lipinski definition) is 1. The van der Waals surface area contributed by atoms with Crippen molar-refractivity contribution in [2.45, 2.75) is 19.4 Å². The summed E-state index contributed by atoms with van der Waals surface area (Å²) in [4.78, 5) is 0. The lowest BCUT2D eigenvalue weighted by atomic mass is 10.1. The van der Waals surface area contributed by atoms with Crippen LogP contribution in [-0.2, 0) is 19.4 Å². The summed E-state index contributed by atoms with van der Waals surface area (Å²) in [6.07, 6.45) is 1.72. The maximum atomic E-state index is 9.24. The Labute approximate surface area is 119 Å². The zero-order chi connectivity index (χ0) is 13.8. The van der Waals surface area contributed by atoms with Gasteiger partial charge in [0, 0.05) is 30.8 Å². The monoisotopic (exact) mass is 265 g/mol. The molecule has 2 heteroatoms. The number of nitrogens with zero attached hydrogens (tertiary/aromatic N) is 1. The standard InChI is InChI=1S/C18H19NO/c20-13-11-17-14-16-8-4-5-9-18(16)19(17)12-10-15-6-2-1-3-7-15/h1-9,14,20H,10-13H2. The van der Waals surface area contributed by atoms with E-state index in [2.05, 4.69) is 59.2 Å². The Morgan fingerprint density at radius 2 is 1.60 bits per heavy atom. The molecule has 1 heterocycles. The fourth-order valence-corrected chi connectivity index (χ4v) is 2.74. The highest BCUT2D eigenvalue weighted by molar-refractivity contribution is 5.81. The summed E-state index contributed by atoms with van der Waals surface area (Å²) in [5, 5.41) is 10.5. The van der Waals surface area contributed by atoms with Gasteiger partial charge >= 0.3 is 0 Å². The molecule has 0 saturated heterocycles. The number of aliphatic hydroxyl groups is 1. The van der Waals surface area contributed by atoms with Crippen LogP contribution in [0.4, 0.5) is 0 Å². The van der Waals surface area contributed by atoms with Gasteiger partial charge in [0.2, 0.25) is 0 Å². The summed E-state index contributed by atoms with van der Waals surface area (Å²) >= 11 is 0. The Morgan fingerprint density at radius 1 is 0.850 bits per heavy atom. The molecular formula is C18H19NO. The lowest BCUT2D eigenvalue weighted by Gasteiger charge is -2.10. The van der Waals surface area contributed by atoms with E-state index in [4.69, 9.17) is 0 Å². The first kappa shape index (κ1) is 12.9. The van der Waals surface area contributed by atoms with Crippen LogP contribution in [0.3, 0.4) is 0 Å². The van der Waals surface area contributed by atoms with Gasteiger partial charge in [-0.05, 0) is 29.5 Å². The van der Waals surface area contributed by atoms with Gasteiger partial charge < -0.3 is 9.67 Å². The van der Waals surface area contributed by atoms with Gasteiger partial charge in [0.15, 0.2) is 0 Å². The minimum absolute atomic E-state index is 0.196. The summed E-state index contributed by atoms with van der Waals surface area (Å²) in [6.45, 7) is 1.15. The van der Waals surface area contributed by atoms with E-state index in [1.54, 1.807) is 0 Å². The number of rotatable bonds is 5. The molecule has 0 amide bonds. The van der Waals surface area contributed by atoms with Crippen molar-refractivity contribution in [1.82, 2.24) is 4.57 Å². The molecule has 0 radical (unpaired) electrons. The van der Waals surface area contributed by atoms with Crippen molar-refractivity contribution < 1.29 is 5.11 Å². The average molecular weight is 265 g/mol. The molecule has 0 saturated carbocycles. The Bertz CT molecular complexity index is 685. The summed E-state index contributed by atoms with van der Waals surface area (Å²) in [5.74, 6) is 0. The average Bonchev–Trinajstić information content (AvgIpc) is 2.84. The summed E-state index contributed by atoms with van der Waals surface area (Å²) in [5.41, 5.74) is 3.82. The van der Waals surface area contributed by atoms with E-state index in [1.165, 1.54) is 22.2 Å². The molecule has 0 bridgehead atoms. The number of aryl methyl sites for hydroxylation is 2. The minimum Gasteiger partial charge on any atom is -0.396 e. The summed E-state index contributed by atoms with van der Waals surface area (Å²) in [7, 11) is 0. The van der Waals surface area contributed by atoms with Crippen molar-refractivity contribution >= 4 is 10.9 Å². The summed E-state index contributed by atoms with van der Waals surface area (Å²) in [6, 6.07) is 21.2. The number of benzene rings is 2. The van der Waals surface area contributed by atoms with Crippen LogP contribution < -0.4 is 0 Å². The Balaban J connectivity index is 1.90. The molecule has 0 aliphatic heterocycles. The van der Waals surface area contributed by atoms with E-state index in [0.717, 1.165) is 13.0 Å². The molecule has 1 N–H and O–H groups in total. The molecule has 2 nitrogen and oxygen atoms in total.